The zero-order chi connectivity index (χ0) is 11.5. The molecule has 5 heteroatoms. The van der Waals surface area contributed by atoms with Crippen LogP contribution in [0.4, 0.5) is 5.13 Å². The van der Waals surface area contributed by atoms with Gasteiger partial charge in [-0.2, -0.15) is 0 Å². The molecule has 2 heterocycles. The molecule has 1 aromatic rings. The first kappa shape index (κ1) is 11.5. The SMILES string of the molecule is Cc1csc(NC(=O)C2CCN(C)CC2)n1. The Morgan fingerprint density at radius 3 is 2.81 bits per heavy atom. The van der Waals surface area contributed by atoms with Crippen molar-refractivity contribution < 1.29 is 4.79 Å². The van der Waals surface area contributed by atoms with Gasteiger partial charge in [-0.05, 0) is 39.9 Å². The summed E-state index contributed by atoms with van der Waals surface area (Å²) in [6.07, 6.45) is 1.90. The first-order valence-electron chi connectivity index (χ1n) is 5.56. The van der Waals surface area contributed by atoms with Crippen LogP contribution in [-0.2, 0) is 4.79 Å². The molecule has 1 saturated heterocycles. The number of hydrogen-bond donors (Lipinski definition) is 1. The maximum Gasteiger partial charge on any atom is 0.229 e. The number of amides is 1. The van der Waals surface area contributed by atoms with E-state index in [1.165, 1.54) is 11.3 Å². The molecule has 1 amide bonds. The number of likely N-dealkylation sites (tertiary alicyclic amines) is 1. The lowest BCUT2D eigenvalue weighted by molar-refractivity contribution is -0.121. The number of thiazole rings is 1. The van der Waals surface area contributed by atoms with E-state index in [0.717, 1.165) is 36.8 Å². The molecule has 0 atom stereocenters. The van der Waals surface area contributed by atoms with Crippen LogP contribution in [0.15, 0.2) is 5.38 Å². The summed E-state index contributed by atoms with van der Waals surface area (Å²) in [7, 11) is 2.10. The molecule has 0 aromatic carbocycles. The molecule has 0 unspecified atom stereocenters. The van der Waals surface area contributed by atoms with Gasteiger partial charge in [0, 0.05) is 11.3 Å². The number of nitrogens with zero attached hydrogens (tertiary/aromatic N) is 2. The van der Waals surface area contributed by atoms with Crippen molar-refractivity contribution >= 4 is 22.4 Å². The summed E-state index contributed by atoms with van der Waals surface area (Å²) in [5.74, 6) is 0.280. The van der Waals surface area contributed by atoms with E-state index >= 15 is 0 Å². The minimum Gasteiger partial charge on any atom is -0.306 e. The lowest BCUT2D eigenvalue weighted by Gasteiger charge is -2.27. The molecule has 0 bridgehead atoms. The van der Waals surface area contributed by atoms with E-state index in [2.05, 4.69) is 22.2 Å². The highest BCUT2D eigenvalue weighted by molar-refractivity contribution is 7.13. The van der Waals surface area contributed by atoms with Crippen molar-refractivity contribution in [2.24, 2.45) is 5.92 Å². The van der Waals surface area contributed by atoms with Crippen LogP contribution in [0.1, 0.15) is 18.5 Å². The molecule has 1 N–H and O–H groups in total. The fraction of sp³-hybridized carbons (Fsp3) is 0.636. The van der Waals surface area contributed by atoms with Gasteiger partial charge in [0.1, 0.15) is 0 Å². The lowest BCUT2D eigenvalue weighted by atomic mass is 9.96. The standard InChI is InChI=1S/C11H17N3OS/c1-8-7-16-11(12-8)13-10(15)9-3-5-14(2)6-4-9/h7,9H,3-6H2,1-2H3,(H,12,13,15). The average molecular weight is 239 g/mol. The van der Waals surface area contributed by atoms with Gasteiger partial charge in [-0.3, -0.25) is 4.79 Å². The Labute approximate surface area is 99.7 Å². The Morgan fingerprint density at radius 1 is 1.56 bits per heavy atom. The van der Waals surface area contributed by atoms with Gasteiger partial charge in [0.05, 0.1) is 5.69 Å². The highest BCUT2D eigenvalue weighted by Gasteiger charge is 2.23. The third-order valence-electron chi connectivity index (χ3n) is 2.94. The zero-order valence-electron chi connectivity index (χ0n) is 9.69. The molecule has 0 spiro atoms. The molecule has 0 radical (unpaired) electrons. The molecular formula is C11H17N3OS. The van der Waals surface area contributed by atoms with Crippen LogP contribution in [0, 0.1) is 12.8 Å². The van der Waals surface area contributed by atoms with Crippen molar-refractivity contribution in [3.8, 4) is 0 Å². The summed E-state index contributed by atoms with van der Waals surface area (Å²) in [4.78, 5) is 18.4. The molecule has 1 aromatic heterocycles. The average Bonchev–Trinajstić information content (AvgIpc) is 2.65. The molecule has 1 aliphatic rings. The van der Waals surface area contributed by atoms with E-state index in [-0.39, 0.29) is 11.8 Å². The molecule has 1 fully saturated rings. The van der Waals surface area contributed by atoms with Crippen LogP contribution in [-0.4, -0.2) is 35.9 Å². The minimum atomic E-state index is 0.127. The van der Waals surface area contributed by atoms with Crippen molar-refractivity contribution in [3.63, 3.8) is 0 Å². The van der Waals surface area contributed by atoms with Gasteiger partial charge in [0.25, 0.3) is 0 Å². The number of carbonyl (C=O) groups excluding carboxylic acids is 1. The number of rotatable bonds is 2. The normalized spacial score (nSPS) is 18.6. The molecule has 0 aliphatic carbocycles. The van der Waals surface area contributed by atoms with E-state index in [9.17, 15) is 4.79 Å². The Morgan fingerprint density at radius 2 is 2.25 bits per heavy atom. The van der Waals surface area contributed by atoms with E-state index in [0.29, 0.717) is 0 Å². The number of nitrogens with one attached hydrogen (secondary N) is 1. The third kappa shape index (κ3) is 2.80. The predicted octanol–water partition coefficient (Wildman–Crippen LogP) is 1.73. The second kappa shape index (κ2) is 4.93. The predicted molar refractivity (Wildman–Crippen MR) is 65.7 cm³/mol. The van der Waals surface area contributed by atoms with Gasteiger partial charge in [-0.15, -0.1) is 11.3 Å². The first-order valence-corrected chi connectivity index (χ1v) is 6.44. The van der Waals surface area contributed by atoms with Crippen LogP contribution in [0.25, 0.3) is 0 Å². The fourth-order valence-corrected chi connectivity index (χ4v) is 2.58. The Bertz CT molecular complexity index is 369. The quantitative estimate of drug-likeness (QED) is 0.855. The highest BCUT2D eigenvalue weighted by atomic mass is 32.1. The maximum absolute atomic E-state index is 11.9. The number of piperidine rings is 1. The molecule has 16 heavy (non-hydrogen) atoms. The van der Waals surface area contributed by atoms with Crippen molar-refractivity contribution in [1.29, 1.82) is 0 Å². The summed E-state index contributed by atoms with van der Waals surface area (Å²) in [6.45, 7) is 3.95. The second-order valence-electron chi connectivity index (χ2n) is 4.36. The van der Waals surface area contributed by atoms with Crippen LogP contribution >= 0.6 is 11.3 Å². The molecule has 2 rings (SSSR count). The molecule has 88 valence electrons. The van der Waals surface area contributed by atoms with Gasteiger partial charge in [-0.25, -0.2) is 4.98 Å². The Balaban J connectivity index is 1.88. The van der Waals surface area contributed by atoms with E-state index in [1.54, 1.807) is 0 Å². The van der Waals surface area contributed by atoms with Crippen molar-refractivity contribution in [3.05, 3.63) is 11.1 Å². The zero-order valence-corrected chi connectivity index (χ0v) is 10.5. The van der Waals surface area contributed by atoms with Crippen LogP contribution in [0.2, 0.25) is 0 Å². The Kier molecular flexibility index (Phi) is 3.56. The summed E-state index contributed by atoms with van der Waals surface area (Å²) in [5, 5.41) is 5.57. The number of anilines is 1. The molecular weight excluding hydrogens is 222 g/mol. The topological polar surface area (TPSA) is 45.2 Å². The summed E-state index contributed by atoms with van der Waals surface area (Å²) >= 11 is 1.49. The van der Waals surface area contributed by atoms with Gasteiger partial charge >= 0.3 is 0 Å². The van der Waals surface area contributed by atoms with Crippen LogP contribution in [0.5, 0.6) is 0 Å². The van der Waals surface area contributed by atoms with E-state index in [1.807, 2.05) is 12.3 Å². The number of aromatic nitrogens is 1. The van der Waals surface area contributed by atoms with E-state index in [4.69, 9.17) is 0 Å². The van der Waals surface area contributed by atoms with Crippen molar-refractivity contribution in [1.82, 2.24) is 9.88 Å². The molecule has 1 aliphatic heterocycles. The second-order valence-corrected chi connectivity index (χ2v) is 5.22. The maximum atomic E-state index is 11.9. The smallest absolute Gasteiger partial charge is 0.229 e. The third-order valence-corrected chi connectivity index (χ3v) is 3.81. The lowest BCUT2D eigenvalue weighted by Crippen LogP contribution is -2.35. The Hall–Kier alpha value is -0.940. The van der Waals surface area contributed by atoms with Gasteiger partial charge in [0.15, 0.2) is 5.13 Å². The highest BCUT2D eigenvalue weighted by Crippen LogP contribution is 2.20. The molecule has 4 nitrogen and oxygen atoms in total. The monoisotopic (exact) mass is 239 g/mol. The number of aryl methyl sites for hydroxylation is 1. The van der Waals surface area contributed by atoms with Gasteiger partial charge in [-0.1, -0.05) is 0 Å². The van der Waals surface area contributed by atoms with Gasteiger partial charge in [0.2, 0.25) is 5.91 Å². The fourth-order valence-electron chi connectivity index (χ4n) is 1.89. The largest absolute Gasteiger partial charge is 0.306 e. The van der Waals surface area contributed by atoms with E-state index < -0.39 is 0 Å². The summed E-state index contributed by atoms with van der Waals surface area (Å²) < 4.78 is 0. The van der Waals surface area contributed by atoms with Crippen LogP contribution in [0.3, 0.4) is 0 Å². The number of hydrogen-bond acceptors (Lipinski definition) is 4. The minimum absolute atomic E-state index is 0.127. The summed E-state index contributed by atoms with van der Waals surface area (Å²) in [5.41, 5.74) is 0.962. The first-order chi connectivity index (χ1) is 7.65. The van der Waals surface area contributed by atoms with Crippen molar-refractivity contribution in [2.45, 2.75) is 19.8 Å². The molecule has 0 saturated carbocycles. The van der Waals surface area contributed by atoms with Crippen molar-refractivity contribution in [2.75, 3.05) is 25.5 Å². The number of carbonyl (C=O) groups is 1. The van der Waals surface area contributed by atoms with Crippen LogP contribution < -0.4 is 5.32 Å². The van der Waals surface area contributed by atoms with Gasteiger partial charge < -0.3 is 10.2 Å². The summed E-state index contributed by atoms with van der Waals surface area (Å²) in [6, 6.07) is 0.